The highest BCUT2D eigenvalue weighted by atomic mass is 16.5. The molecule has 2 aromatic rings. The van der Waals surface area contributed by atoms with Crippen LogP contribution in [0.3, 0.4) is 0 Å². The first-order valence-electron chi connectivity index (χ1n) is 6.99. The van der Waals surface area contributed by atoms with Crippen molar-refractivity contribution in [1.82, 2.24) is 15.3 Å². The zero-order valence-electron chi connectivity index (χ0n) is 12.1. The van der Waals surface area contributed by atoms with Crippen molar-refractivity contribution in [2.45, 2.75) is 19.8 Å². The van der Waals surface area contributed by atoms with Gasteiger partial charge in [-0.15, -0.1) is 0 Å². The average molecular weight is 288 g/mol. The molecule has 0 bridgehead atoms. The smallest absolute Gasteiger partial charge is 0.251 e. The van der Waals surface area contributed by atoms with Crippen molar-refractivity contribution in [1.29, 1.82) is 0 Å². The third-order valence-electron chi connectivity index (χ3n) is 2.93. The summed E-state index contributed by atoms with van der Waals surface area (Å²) in [5.41, 5.74) is 6.80. The number of carbonyl (C=O) groups is 1. The number of benzene rings is 1. The Morgan fingerprint density at radius 3 is 3.00 bits per heavy atom. The van der Waals surface area contributed by atoms with E-state index >= 15 is 0 Å². The molecular formula is C15H20N4O2. The molecule has 1 heterocycles. The van der Waals surface area contributed by atoms with Crippen molar-refractivity contribution in [3.8, 4) is 5.75 Å². The number of nitrogen functional groups attached to an aromatic ring is 1. The number of ether oxygens (including phenoxy) is 1. The van der Waals surface area contributed by atoms with Crippen LogP contribution in [0, 0.1) is 0 Å². The Balaban J connectivity index is 1.85. The number of carbonyl (C=O) groups excluding carboxylic acids is 1. The van der Waals surface area contributed by atoms with Gasteiger partial charge in [-0.1, -0.05) is 0 Å². The summed E-state index contributed by atoms with van der Waals surface area (Å²) in [6.07, 6.45) is 5.13. The predicted octanol–water partition coefficient (Wildman–Crippen LogP) is 1.75. The summed E-state index contributed by atoms with van der Waals surface area (Å²) in [6, 6.07) is 5.04. The monoisotopic (exact) mass is 288 g/mol. The Hall–Kier alpha value is -2.50. The number of nitrogens with one attached hydrogen (secondary N) is 2. The summed E-state index contributed by atoms with van der Waals surface area (Å²) in [6.45, 7) is 3.00. The van der Waals surface area contributed by atoms with E-state index in [-0.39, 0.29) is 5.91 Å². The predicted molar refractivity (Wildman–Crippen MR) is 81.3 cm³/mol. The molecule has 0 spiro atoms. The fourth-order valence-electron chi connectivity index (χ4n) is 2.00. The summed E-state index contributed by atoms with van der Waals surface area (Å²) >= 11 is 0. The van der Waals surface area contributed by atoms with Crippen LogP contribution in [-0.2, 0) is 6.42 Å². The van der Waals surface area contributed by atoms with Crippen molar-refractivity contribution in [2.75, 3.05) is 18.9 Å². The Bertz CT molecular complexity index is 581. The first-order chi connectivity index (χ1) is 10.2. The SMILES string of the molecule is CCOc1cc(N)cc(C(=O)NCCCc2ncc[nH]2)c1. The van der Waals surface area contributed by atoms with E-state index in [0.29, 0.717) is 30.2 Å². The molecule has 0 saturated carbocycles. The Kier molecular flexibility index (Phi) is 5.20. The number of hydrogen-bond acceptors (Lipinski definition) is 4. The van der Waals surface area contributed by atoms with Crippen molar-refractivity contribution < 1.29 is 9.53 Å². The standard InChI is InChI=1S/C15H20N4O2/c1-2-21-13-9-11(8-12(16)10-13)15(20)19-5-3-4-14-17-6-7-18-14/h6-10H,2-5,16H2,1H3,(H,17,18)(H,19,20). The molecule has 6 heteroatoms. The van der Waals surface area contributed by atoms with Gasteiger partial charge < -0.3 is 20.8 Å². The first-order valence-corrected chi connectivity index (χ1v) is 6.99. The Labute approximate surface area is 123 Å². The van der Waals surface area contributed by atoms with Gasteiger partial charge in [0.1, 0.15) is 11.6 Å². The van der Waals surface area contributed by atoms with Crippen LogP contribution in [-0.4, -0.2) is 29.0 Å². The van der Waals surface area contributed by atoms with Crippen LogP contribution < -0.4 is 15.8 Å². The van der Waals surface area contributed by atoms with E-state index in [1.165, 1.54) is 0 Å². The maximum Gasteiger partial charge on any atom is 0.251 e. The molecule has 112 valence electrons. The Morgan fingerprint density at radius 2 is 2.29 bits per heavy atom. The minimum atomic E-state index is -0.150. The van der Waals surface area contributed by atoms with Gasteiger partial charge in [0.2, 0.25) is 0 Å². The molecule has 0 atom stereocenters. The van der Waals surface area contributed by atoms with Crippen molar-refractivity contribution >= 4 is 11.6 Å². The molecular weight excluding hydrogens is 268 g/mol. The van der Waals surface area contributed by atoms with Gasteiger partial charge in [0.05, 0.1) is 6.61 Å². The van der Waals surface area contributed by atoms with Crippen molar-refractivity contribution in [2.24, 2.45) is 0 Å². The topological polar surface area (TPSA) is 93.0 Å². The number of aromatic amines is 1. The summed E-state index contributed by atoms with van der Waals surface area (Å²) in [5, 5.41) is 2.87. The highest BCUT2D eigenvalue weighted by molar-refractivity contribution is 5.95. The minimum Gasteiger partial charge on any atom is -0.494 e. The summed E-state index contributed by atoms with van der Waals surface area (Å²) in [5.74, 6) is 1.38. The lowest BCUT2D eigenvalue weighted by Gasteiger charge is -2.09. The lowest BCUT2D eigenvalue weighted by Crippen LogP contribution is -2.25. The van der Waals surface area contributed by atoms with Crippen LogP contribution in [0.4, 0.5) is 5.69 Å². The van der Waals surface area contributed by atoms with Gasteiger partial charge in [-0.3, -0.25) is 4.79 Å². The lowest BCUT2D eigenvalue weighted by molar-refractivity contribution is 0.0952. The van der Waals surface area contributed by atoms with Crippen LogP contribution in [0.15, 0.2) is 30.6 Å². The minimum absolute atomic E-state index is 0.150. The van der Waals surface area contributed by atoms with Gasteiger partial charge in [0, 0.05) is 42.7 Å². The number of aromatic nitrogens is 2. The van der Waals surface area contributed by atoms with Gasteiger partial charge in [-0.2, -0.15) is 0 Å². The Morgan fingerprint density at radius 1 is 1.43 bits per heavy atom. The molecule has 2 rings (SSSR count). The van der Waals surface area contributed by atoms with Crippen LogP contribution in [0.2, 0.25) is 0 Å². The van der Waals surface area contributed by atoms with Crippen LogP contribution in [0.25, 0.3) is 0 Å². The molecule has 0 aliphatic heterocycles. The molecule has 21 heavy (non-hydrogen) atoms. The highest BCUT2D eigenvalue weighted by Gasteiger charge is 2.08. The fraction of sp³-hybridized carbons (Fsp3) is 0.333. The van der Waals surface area contributed by atoms with Crippen LogP contribution >= 0.6 is 0 Å². The normalized spacial score (nSPS) is 10.3. The molecule has 1 aromatic carbocycles. The quantitative estimate of drug-likeness (QED) is 0.534. The van der Waals surface area contributed by atoms with E-state index < -0.39 is 0 Å². The third kappa shape index (κ3) is 4.52. The fourth-order valence-corrected chi connectivity index (χ4v) is 2.00. The summed E-state index contributed by atoms with van der Waals surface area (Å²) in [7, 11) is 0. The van der Waals surface area contributed by atoms with Gasteiger partial charge in [0.25, 0.3) is 5.91 Å². The number of amides is 1. The van der Waals surface area contributed by atoms with E-state index in [2.05, 4.69) is 15.3 Å². The van der Waals surface area contributed by atoms with Gasteiger partial charge in [-0.05, 0) is 25.5 Å². The maximum absolute atomic E-state index is 12.1. The van der Waals surface area contributed by atoms with Crippen molar-refractivity contribution in [3.63, 3.8) is 0 Å². The second-order valence-electron chi connectivity index (χ2n) is 4.62. The third-order valence-corrected chi connectivity index (χ3v) is 2.93. The van der Waals surface area contributed by atoms with Gasteiger partial charge >= 0.3 is 0 Å². The number of aryl methyl sites for hydroxylation is 1. The largest absolute Gasteiger partial charge is 0.494 e. The number of nitrogens with zero attached hydrogens (tertiary/aromatic N) is 1. The van der Waals surface area contributed by atoms with E-state index in [0.717, 1.165) is 18.7 Å². The van der Waals surface area contributed by atoms with E-state index in [4.69, 9.17) is 10.5 Å². The number of rotatable bonds is 7. The summed E-state index contributed by atoms with van der Waals surface area (Å²) in [4.78, 5) is 19.2. The zero-order chi connectivity index (χ0) is 15.1. The number of imidazole rings is 1. The second-order valence-corrected chi connectivity index (χ2v) is 4.62. The van der Waals surface area contributed by atoms with Crippen LogP contribution in [0.1, 0.15) is 29.5 Å². The molecule has 1 amide bonds. The molecule has 0 unspecified atom stereocenters. The molecule has 4 N–H and O–H groups in total. The van der Waals surface area contributed by atoms with Gasteiger partial charge in [-0.25, -0.2) is 4.98 Å². The van der Waals surface area contributed by atoms with Crippen molar-refractivity contribution in [3.05, 3.63) is 42.0 Å². The number of nitrogens with two attached hydrogens (primary N) is 1. The molecule has 1 aromatic heterocycles. The van der Waals surface area contributed by atoms with E-state index in [1.807, 2.05) is 6.92 Å². The summed E-state index contributed by atoms with van der Waals surface area (Å²) < 4.78 is 5.38. The average Bonchev–Trinajstić information content (AvgIpc) is 2.96. The maximum atomic E-state index is 12.1. The molecule has 0 aliphatic carbocycles. The first kappa shape index (κ1) is 14.9. The second kappa shape index (κ2) is 7.33. The van der Waals surface area contributed by atoms with Gasteiger partial charge in [0.15, 0.2) is 0 Å². The number of anilines is 1. The zero-order valence-corrected chi connectivity index (χ0v) is 12.1. The number of hydrogen-bond donors (Lipinski definition) is 3. The van der Waals surface area contributed by atoms with Crippen LogP contribution in [0.5, 0.6) is 5.75 Å². The molecule has 0 fully saturated rings. The molecule has 6 nitrogen and oxygen atoms in total. The molecule has 0 aliphatic rings. The van der Waals surface area contributed by atoms with E-state index in [1.54, 1.807) is 30.6 Å². The number of H-pyrrole nitrogens is 1. The highest BCUT2D eigenvalue weighted by Crippen LogP contribution is 2.18. The molecule has 0 radical (unpaired) electrons. The molecule has 0 saturated heterocycles. The van der Waals surface area contributed by atoms with E-state index in [9.17, 15) is 4.79 Å². The lowest BCUT2D eigenvalue weighted by atomic mass is 10.1.